The van der Waals surface area contributed by atoms with E-state index in [0.717, 1.165) is 24.9 Å². The number of amides is 2. The Labute approximate surface area is 125 Å². The van der Waals surface area contributed by atoms with E-state index in [2.05, 4.69) is 5.32 Å². The molecular formula is C16H22N2O3. The Morgan fingerprint density at radius 2 is 2.14 bits per heavy atom. The number of carbonyl (C=O) groups is 2. The van der Waals surface area contributed by atoms with Gasteiger partial charge in [-0.25, -0.2) is 0 Å². The monoisotopic (exact) mass is 290 g/mol. The molecule has 1 aliphatic carbocycles. The number of hydrogen-bond donors (Lipinski definition) is 1. The fourth-order valence-corrected chi connectivity index (χ4v) is 2.35. The lowest BCUT2D eigenvalue weighted by molar-refractivity contribution is -0.127. The number of hydrogen-bond acceptors (Lipinski definition) is 3. The van der Waals surface area contributed by atoms with Gasteiger partial charge < -0.3 is 15.0 Å². The van der Waals surface area contributed by atoms with Crippen molar-refractivity contribution in [3.63, 3.8) is 0 Å². The Balaban J connectivity index is 1.92. The first-order valence-corrected chi connectivity index (χ1v) is 7.31. The maximum absolute atomic E-state index is 11.8. The van der Waals surface area contributed by atoms with Gasteiger partial charge in [0.15, 0.2) is 0 Å². The number of methoxy groups -OCH3 is 1. The van der Waals surface area contributed by atoms with Crippen molar-refractivity contribution < 1.29 is 14.3 Å². The Bertz CT molecular complexity index is 512. The summed E-state index contributed by atoms with van der Waals surface area (Å²) in [6.45, 7) is 2.44. The van der Waals surface area contributed by atoms with Crippen molar-refractivity contribution in [3.8, 4) is 5.75 Å². The molecule has 0 bridgehead atoms. The van der Waals surface area contributed by atoms with Crippen LogP contribution in [-0.4, -0.2) is 32.0 Å². The molecule has 0 aliphatic heterocycles. The zero-order valence-corrected chi connectivity index (χ0v) is 12.6. The van der Waals surface area contributed by atoms with E-state index >= 15 is 0 Å². The first-order chi connectivity index (χ1) is 10.1. The SMILES string of the molecule is COc1cccc(N(CCNC(=O)C2CCC2)C(C)=O)c1. The average molecular weight is 290 g/mol. The van der Waals surface area contributed by atoms with Crippen LogP contribution in [-0.2, 0) is 9.59 Å². The highest BCUT2D eigenvalue weighted by Crippen LogP contribution is 2.26. The van der Waals surface area contributed by atoms with Gasteiger partial charge in [-0.15, -0.1) is 0 Å². The van der Waals surface area contributed by atoms with Gasteiger partial charge >= 0.3 is 0 Å². The Morgan fingerprint density at radius 3 is 2.71 bits per heavy atom. The van der Waals surface area contributed by atoms with Crippen LogP contribution in [0, 0.1) is 5.92 Å². The third kappa shape index (κ3) is 3.97. The van der Waals surface area contributed by atoms with Crippen molar-refractivity contribution in [3.05, 3.63) is 24.3 Å². The van der Waals surface area contributed by atoms with E-state index in [0.29, 0.717) is 18.8 Å². The van der Waals surface area contributed by atoms with Crippen LogP contribution in [0.25, 0.3) is 0 Å². The van der Waals surface area contributed by atoms with Crippen LogP contribution < -0.4 is 15.0 Å². The molecule has 0 aromatic heterocycles. The van der Waals surface area contributed by atoms with Crippen molar-refractivity contribution in [2.45, 2.75) is 26.2 Å². The summed E-state index contributed by atoms with van der Waals surface area (Å²) in [6.07, 6.45) is 3.11. The van der Waals surface area contributed by atoms with Crippen LogP contribution in [0.3, 0.4) is 0 Å². The molecule has 0 heterocycles. The molecule has 1 aromatic carbocycles. The minimum absolute atomic E-state index is 0.0545. The number of benzene rings is 1. The van der Waals surface area contributed by atoms with E-state index in [9.17, 15) is 9.59 Å². The zero-order chi connectivity index (χ0) is 15.2. The van der Waals surface area contributed by atoms with E-state index in [4.69, 9.17) is 4.74 Å². The first kappa shape index (κ1) is 15.4. The number of rotatable bonds is 6. The molecule has 114 valence electrons. The highest BCUT2D eigenvalue weighted by molar-refractivity contribution is 5.91. The van der Waals surface area contributed by atoms with Crippen LogP contribution in [0.15, 0.2) is 24.3 Å². The van der Waals surface area contributed by atoms with E-state index in [1.54, 1.807) is 12.0 Å². The summed E-state index contributed by atoms with van der Waals surface area (Å²) in [5, 5.41) is 2.90. The molecule has 1 aromatic rings. The van der Waals surface area contributed by atoms with Crippen LogP contribution in [0.2, 0.25) is 0 Å². The van der Waals surface area contributed by atoms with Crippen LogP contribution in [0.1, 0.15) is 26.2 Å². The molecule has 0 radical (unpaired) electrons. The third-order valence-corrected chi connectivity index (χ3v) is 3.86. The minimum atomic E-state index is -0.0545. The molecule has 1 aliphatic rings. The summed E-state index contributed by atoms with van der Waals surface area (Å²) in [6, 6.07) is 7.35. The minimum Gasteiger partial charge on any atom is -0.497 e. The number of nitrogens with zero attached hydrogens (tertiary/aromatic N) is 1. The van der Waals surface area contributed by atoms with Crippen molar-refractivity contribution in [1.29, 1.82) is 0 Å². The summed E-state index contributed by atoms with van der Waals surface area (Å²) in [4.78, 5) is 25.2. The number of ether oxygens (including phenoxy) is 1. The second-order valence-electron chi connectivity index (χ2n) is 5.29. The summed E-state index contributed by atoms with van der Waals surface area (Å²) < 4.78 is 5.17. The molecule has 1 N–H and O–H groups in total. The van der Waals surface area contributed by atoms with E-state index in [1.165, 1.54) is 6.92 Å². The molecule has 5 nitrogen and oxygen atoms in total. The molecular weight excluding hydrogens is 268 g/mol. The summed E-state index contributed by atoms with van der Waals surface area (Å²) >= 11 is 0. The Morgan fingerprint density at radius 1 is 1.38 bits per heavy atom. The molecule has 5 heteroatoms. The van der Waals surface area contributed by atoms with Crippen LogP contribution in [0.5, 0.6) is 5.75 Å². The molecule has 0 unspecified atom stereocenters. The number of anilines is 1. The summed E-state index contributed by atoms with van der Waals surface area (Å²) in [5.41, 5.74) is 0.778. The van der Waals surface area contributed by atoms with Gasteiger partial charge in [-0.3, -0.25) is 9.59 Å². The molecule has 1 saturated carbocycles. The predicted molar refractivity (Wildman–Crippen MR) is 81.4 cm³/mol. The molecule has 2 rings (SSSR count). The van der Waals surface area contributed by atoms with Gasteiger partial charge in [0.25, 0.3) is 0 Å². The third-order valence-electron chi connectivity index (χ3n) is 3.86. The van der Waals surface area contributed by atoms with Crippen molar-refractivity contribution >= 4 is 17.5 Å². The second kappa shape index (κ2) is 7.11. The van der Waals surface area contributed by atoms with Gasteiger partial charge in [0.05, 0.1) is 7.11 Å². The largest absolute Gasteiger partial charge is 0.497 e. The fraction of sp³-hybridized carbons (Fsp3) is 0.500. The van der Waals surface area contributed by atoms with E-state index in [-0.39, 0.29) is 17.7 Å². The van der Waals surface area contributed by atoms with Gasteiger partial charge in [-0.2, -0.15) is 0 Å². The van der Waals surface area contributed by atoms with Crippen molar-refractivity contribution in [1.82, 2.24) is 5.32 Å². The topological polar surface area (TPSA) is 58.6 Å². The van der Waals surface area contributed by atoms with Gasteiger partial charge in [-0.05, 0) is 25.0 Å². The molecule has 0 saturated heterocycles. The van der Waals surface area contributed by atoms with Crippen LogP contribution in [0.4, 0.5) is 5.69 Å². The smallest absolute Gasteiger partial charge is 0.223 e. The molecule has 21 heavy (non-hydrogen) atoms. The normalized spacial score (nSPS) is 14.2. The van der Waals surface area contributed by atoms with E-state index < -0.39 is 0 Å². The molecule has 0 atom stereocenters. The molecule has 2 amide bonds. The summed E-state index contributed by atoms with van der Waals surface area (Å²) in [5.74, 6) is 0.932. The lowest BCUT2D eigenvalue weighted by Gasteiger charge is -2.26. The predicted octanol–water partition coefficient (Wildman–Crippen LogP) is 1.96. The highest BCUT2D eigenvalue weighted by atomic mass is 16.5. The fourth-order valence-electron chi connectivity index (χ4n) is 2.35. The maximum atomic E-state index is 11.8. The Hall–Kier alpha value is -2.04. The van der Waals surface area contributed by atoms with Crippen LogP contribution >= 0.6 is 0 Å². The second-order valence-corrected chi connectivity index (χ2v) is 5.29. The lowest BCUT2D eigenvalue weighted by atomic mass is 9.85. The Kier molecular flexibility index (Phi) is 5.20. The maximum Gasteiger partial charge on any atom is 0.223 e. The number of carbonyl (C=O) groups excluding carboxylic acids is 2. The van der Waals surface area contributed by atoms with Gasteiger partial charge in [-0.1, -0.05) is 12.5 Å². The quantitative estimate of drug-likeness (QED) is 0.871. The molecule has 1 fully saturated rings. The number of nitrogens with one attached hydrogen (secondary N) is 1. The molecule has 0 spiro atoms. The lowest BCUT2D eigenvalue weighted by Crippen LogP contribution is -2.41. The van der Waals surface area contributed by atoms with Gasteiger partial charge in [0.1, 0.15) is 5.75 Å². The van der Waals surface area contributed by atoms with Gasteiger partial charge in [0, 0.05) is 37.7 Å². The zero-order valence-electron chi connectivity index (χ0n) is 12.6. The highest BCUT2D eigenvalue weighted by Gasteiger charge is 2.24. The standard InChI is InChI=1S/C16H22N2O3/c1-12(19)18(14-7-4-8-15(11-14)21-2)10-9-17-16(20)13-5-3-6-13/h4,7-8,11,13H,3,5-6,9-10H2,1-2H3,(H,17,20). The van der Waals surface area contributed by atoms with E-state index in [1.807, 2.05) is 24.3 Å². The van der Waals surface area contributed by atoms with Gasteiger partial charge in [0.2, 0.25) is 11.8 Å². The summed E-state index contributed by atoms with van der Waals surface area (Å²) in [7, 11) is 1.59. The first-order valence-electron chi connectivity index (χ1n) is 7.31. The van der Waals surface area contributed by atoms with Crippen molar-refractivity contribution in [2.24, 2.45) is 5.92 Å². The average Bonchev–Trinajstić information content (AvgIpc) is 2.41. The van der Waals surface area contributed by atoms with Crippen molar-refractivity contribution in [2.75, 3.05) is 25.1 Å².